The fraction of sp³-hybridized carbons (Fsp3) is 0.242. The number of hydrogen-bond acceptors (Lipinski definition) is 3. The molecule has 0 fully saturated rings. The molecule has 8 heteroatoms. The largest absolute Gasteiger partial charge is 0.352 e. The number of rotatable bonds is 10. The number of hydrogen-bond donors (Lipinski definition) is 1. The predicted molar refractivity (Wildman–Crippen MR) is 164 cm³/mol. The van der Waals surface area contributed by atoms with Gasteiger partial charge in [-0.05, 0) is 48.6 Å². The van der Waals surface area contributed by atoms with Crippen molar-refractivity contribution >= 4 is 57.4 Å². The summed E-state index contributed by atoms with van der Waals surface area (Å²) in [6.07, 6.45) is 1.01. The van der Waals surface area contributed by atoms with Crippen LogP contribution in [0.15, 0.2) is 84.9 Å². The summed E-state index contributed by atoms with van der Waals surface area (Å²) in [5, 5.41) is 5.59. The Labute approximate surface area is 249 Å². The molecule has 5 rings (SSSR count). The molecule has 210 valence electrons. The van der Waals surface area contributed by atoms with Crippen molar-refractivity contribution in [2.24, 2.45) is 0 Å². The zero-order valence-corrected chi connectivity index (χ0v) is 24.5. The molecule has 1 aliphatic rings. The summed E-state index contributed by atoms with van der Waals surface area (Å²) >= 11 is 13.1. The second kappa shape index (κ2) is 12.3. The van der Waals surface area contributed by atoms with E-state index in [0.717, 1.165) is 22.8 Å². The number of nitrogens with zero attached hydrogens (tertiary/aromatic N) is 2. The van der Waals surface area contributed by atoms with Crippen LogP contribution in [0.1, 0.15) is 41.8 Å². The third kappa shape index (κ3) is 5.95. The first kappa shape index (κ1) is 28.7. The minimum absolute atomic E-state index is 0.00193. The Balaban J connectivity index is 1.54. The van der Waals surface area contributed by atoms with Crippen LogP contribution in [0, 0.1) is 0 Å². The van der Waals surface area contributed by atoms with Gasteiger partial charge >= 0.3 is 0 Å². The van der Waals surface area contributed by atoms with E-state index in [2.05, 4.69) is 5.32 Å². The number of carbonyl (C=O) groups excluding carboxylic acids is 3. The molecule has 6 nitrogen and oxygen atoms in total. The maximum Gasteiger partial charge on any atom is 0.259 e. The maximum atomic E-state index is 14.3. The Morgan fingerprint density at radius 1 is 0.902 bits per heavy atom. The summed E-state index contributed by atoms with van der Waals surface area (Å²) in [4.78, 5) is 44.6. The molecule has 1 aliphatic heterocycles. The van der Waals surface area contributed by atoms with Crippen LogP contribution < -0.4 is 10.2 Å². The van der Waals surface area contributed by atoms with E-state index in [0.29, 0.717) is 26.9 Å². The van der Waals surface area contributed by atoms with Crippen molar-refractivity contribution in [3.05, 3.63) is 112 Å². The molecule has 0 saturated heterocycles. The highest BCUT2D eigenvalue weighted by Crippen LogP contribution is 2.37. The lowest BCUT2D eigenvalue weighted by molar-refractivity contribution is -0.140. The standard InChI is InChI=1S/C33H31Cl2N3O3/c1-3-21(2)36-32(40)29(18-22-10-5-4-6-11-22)37(19-25-26(34)15-9-16-27(25)35)30(39)20-38-28-17-8-13-23-12-7-14-24(31(23)28)33(38)41/h4-17,21,29H,3,18-20H2,1-2H3,(H,36,40). The zero-order valence-electron chi connectivity index (χ0n) is 22.9. The van der Waals surface area contributed by atoms with E-state index in [1.807, 2.05) is 74.5 Å². The van der Waals surface area contributed by atoms with Gasteiger partial charge in [-0.25, -0.2) is 0 Å². The van der Waals surface area contributed by atoms with Crippen molar-refractivity contribution in [1.82, 2.24) is 10.2 Å². The molecular formula is C33H31Cl2N3O3. The molecule has 3 amide bonds. The summed E-state index contributed by atoms with van der Waals surface area (Å²) in [5.41, 5.74) is 2.67. The number of halogens is 2. The quantitative estimate of drug-likeness (QED) is 0.225. The SMILES string of the molecule is CCC(C)NC(=O)C(Cc1ccccc1)N(Cc1c(Cl)cccc1Cl)C(=O)CN1C(=O)c2cccc3cccc1c23. The number of carbonyl (C=O) groups is 3. The van der Waals surface area contributed by atoms with Gasteiger partial charge in [-0.2, -0.15) is 0 Å². The van der Waals surface area contributed by atoms with Gasteiger partial charge in [-0.3, -0.25) is 19.3 Å². The number of nitrogens with one attached hydrogen (secondary N) is 1. The number of anilines is 1. The molecule has 0 aromatic heterocycles. The van der Waals surface area contributed by atoms with Crippen molar-refractivity contribution < 1.29 is 14.4 Å². The fourth-order valence-corrected chi connectivity index (χ4v) is 5.73. The average molecular weight is 589 g/mol. The highest BCUT2D eigenvalue weighted by atomic mass is 35.5. The number of benzene rings is 4. The van der Waals surface area contributed by atoms with Crippen LogP contribution in [0.4, 0.5) is 5.69 Å². The fourth-order valence-electron chi connectivity index (χ4n) is 5.21. The first-order valence-corrected chi connectivity index (χ1v) is 14.4. The van der Waals surface area contributed by atoms with Gasteiger partial charge < -0.3 is 10.2 Å². The van der Waals surface area contributed by atoms with E-state index in [1.165, 1.54) is 9.80 Å². The van der Waals surface area contributed by atoms with Gasteiger partial charge in [0.1, 0.15) is 12.6 Å². The Kier molecular flexibility index (Phi) is 8.62. The monoisotopic (exact) mass is 587 g/mol. The topological polar surface area (TPSA) is 69.7 Å². The maximum absolute atomic E-state index is 14.3. The summed E-state index contributed by atoms with van der Waals surface area (Å²) in [6.45, 7) is 3.68. The van der Waals surface area contributed by atoms with Gasteiger partial charge in [0, 0.05) is 45.6 Å². The van der Waals surface area contributed by atoms with Gasteiger partial charge in [0.15, 0.2) is 0 Å². The summed E-state index contributed by atoms with van der Waals surface area (Å²) in [6, 6.07) is 25.0. The number of amides is 3. The molecule has 0 spiro atoms. The van der Waals surface area contributed by atoms with Crippen molar-refractivity contribution in [3.63, 3.8) is 0 Å². The molecule has 2 atom stereocenters. The molecule has 0 bridgehead atoms. The van der Waals surface area contributed by atoms with E-state index in [9.17, 15) is 14.4 Å². The normalized spacial score (nSPS) is 13.8. The molecule has 0 saturated carbocycles. The van der Waals surface area contributed by atoms with Gasteiger partial charge in [-0.15, -0.1) is 0 Å². The lowest BCUT2D eigenvalue weighted by Gasteiger charge is -2.34. The summed E-state index contributed by atoms with van der Waals surface area (Å²) in [7, 11) is 0. The van der Waals surface area contributed by atoms with Crippen LogP contribution in [0.5, 0.6) is 0 Å². The average Bonchev–Trinajstić information content (AvgIpc) is 3.24. The minimum atomic E-state index is -0.873. The third-order valence-electron chi connectivity index (χ3n) is 7.60. The second-order valence-corrected chi connectivity index (χ2v) is 11.1. The van der Waals surface area contributed by atoms with E-state index < -0.39 is 6.04 Å². The Morgan fingerprint density at radius 3 is 2.24 bits per heavy atom. The van der Waals surface area contributed by atoms with Crippen molar-refractivity contribution in [1.29, 1.82) is 0 Å². The van der Waals surface area contributed by atoms with Crippen LogP contribution >= 0.6 is 23.2 Å². The Bertz CT molecular complexity index is 1580. The summed E-state index contributed by atoms with van der Waals surface area (Å²) in [5.74, 6) is -0.915. The van der Waals surface area contributed by atoms with Crippen LogP contribution in [-0.4, -0.2) is 41.2 Å². The summed E-state index contributed by atoms with van der Waals surface area (Å²) < 4.78 is 0. The molecule has 0 radical (unpaired) electrons. The van der Waals surface area contributed by atoms with E-state index in [4.69, 9.17) is 23.2 Å². The van der Waals surface area contributed by atoms with Gasteiger partial charge in [-0.1, -0.05) is 90.8 Å². The molecule has 0 aliphatic carbocycles. The molecular weight excluding hydrogens is 557 g/mol. The minimum Gasteiger partial charge on any atom is -0.352 e. The van der Waals surface area contributed by atoms with Gasteiger partial charge in [0.2, 0.25) is 11.8 Å². The van der Waals surface area contributed by atoms with Crippen LogP contribution in [0.25, 0.3) is 10.8 Å². The molecule has 4 aromatic carbocycles. The second-order valence-electron chi connectivity index (χ2n) is 10.3. The van der Waals surface area contributed by atoms with Crippen LogP contribution in [0.2, 0.25) is 10.0 Å². The van der Waals surface area contributed by atoms with Crippen molar-refractivity contribution in [2.75, 3.05) is 11.4 Å². The highest BCUT2D eigenvalue weighted by molar-refractivity contribution is 6.36. The van der Waals surface area contributed by atoms with Gasteiger partial charge in [0.05, 0.1) is 5.69 Å². The molecule has 4 aromatic rings. The lowest BCUT2D eigenvalue weighted by Crippen LogP contribution is -2.54. The lowest BCUT2D eigenvalue weighted by atomic mass is 10.0. The smallest absolute Gasteiger partial charge is 0.259 e. The third-order valence-corrected chi connectivity index (χ3v) is 8.31. The van der Waals surface area contributed by atoms with Crippen molar-refractivity contribution in [3.8, 4) is 0 Å². The highest BCUT2D eigenvalue weighted by Gasteiger charge is 2.36. The zero-order chi connectivity index (χ0) is 29.1. The molecule has 41 heavy (non-hydrogen) atoms. The first-order chi connectivity index (χ1) is 19.8. The first-order valence-electron chi connectivity index (χ1n) is 13.7. The van der Waals surface area contributed by atoms with Crippen LogP contribution in [0.3, 0.4) is 0 Å². The Hall–Kier alpha value is -3.87. The van der Waals surface area contributed by atoms with Crippen molar-refractivity contribution in [2.45, 2.75) is 45.3 Å². The predicted octanol–water partition coefficient (Wildman–Crippen LogP) is 6.66. The van der Waals surface area contributed by atoms with Crippen LogP contribution in [-0.2, 0) is 22.6 Å². The molecule has 1 heterocycles. The van der Waals surface area contributed by atoms with Gasteiger partial charge in [0.25, 0.3) is 5.91 Å². The van der Waals surface area contributed by atoms with E-state index in [-0.39, 0.29) is 43.3 Å². The molecule has 2 unspecified atom stereocenters. The van der Waals surface area contributed by atoms with E-state index >= 15 is 0 Å². The van der Waals surface area contributed by atoms with E-state index in [1.54, 1.807) is 24.3 Å². The Morgan fingerprint density at radius 2 is 1.56 bits per heavy atom. The molecule has 1 N–H and O–H groups in total.